The first-order valence-corrected chi connectivity index (χ1v) is 9.22. The highest BCUT2D eigenvalue weighted by molar-refractivity contribution is 7.17. The van der Waals surface area contributed by atoms with Crippen molar-refractivity contribution in [2.45, 2.75) is 6.92 Å². The fourth-order valence-electron chi connectivity index (χ4n) is 2.41. The van der Waals surface area contributed by atoms with Crippen LogP contribution in [-0.2, 0) is 0 Å². The summed E-state index contributed by atoms with van der Waals surface area (Å²) in [5.41, 5.74) is 2.24. The van der Waals surface area contributed by atoms with Crippen molar-refractivity contribution >= 4 is 45.4 Å². The summed E-state index contributed by atoms with van der Waals surface area (Å²) in [6, 6.07) is 10.9. The molecule has 0 saturated carbocycles. The first-order chi connectivity index (χ1) is 13.0. The maximum absolute atomic E-state index is 12.5. The minimum atomic E-state index is -0.264. The van der Waals surface area contributed by atoms with E-state index in [0.29, 0.717) is 32.2 Å². The summed E-state index contributed by atoms with van der Waals surface area (Å²) < 4.78 is 10.5. The van der Waals surface area contributed by atoms with Crippen molar-refractivity contribution in [1.82, 2.24) is 4.98 Å². The van der Waals surface area contributed by atoms with Crippen LogP contribution >= 0.6 is 22.9 Å². The van der Waals surface area contributed by atoms with Gasteiger partial charge in [0, 0.05) is 23.9 Å². The number of benzene rings is 2. The minimum absolute atomic E-state index is 0.264. The van der Waals surface area contributed by atoms with Gasteiger partial charge in [-0.2, -0.15) is 0 Å². The lowest BCUT2D eigenvalue weighted by atomic mass is 10.2. The highest BCUT2D eigenvalue weighted by atomic mass is 35.5. The van der Waals surface area contributed by atoms with Gasteiger partial charge in [0.15, 0.2) is 5.13 Å². The molecule has 0 aliphatic heterocycles. The lowest BCUT2D eigenvalue weighted by molar-refractivity contribution is 0.103. The molecule has 0 spiro atoms. The van der Waals surface area contributed by atoms with E-state index in [4.69, 9.17) is 21.1 Å². The number of nitrogens with zero attached hydrogens (tertiary/aromatic N) is 1. The van der Waals surface area contributed by atoms with Crippen LogP contribution in [0.4, 0.5) is 16.5 Å². The van der Waals surface area contributed by atoms with Crippen LogP contribution in [0, 0.1) is 6.92 Å². The van der Waals surface area contributed by atoms with Crippen LogP contribution in [0.2, 0.25) is 5.02 Å². The van der Waals surface area contributed by atoms with Gasteiger partial charge < -0.3 is 20.1 Å². The quantitative estimate of drug-likeness (QED) is 0.597. The molecular formula is C19H18ClN3O3S. The Bertz CT molecular complexity index is 932. The third-order valence-electron chi connectivity index (χ3n) is 3.79. The van der Waals surface area contributed by atoms with Gasteiger partial charge in [-0.15, -0.1) is 0 Å². The normalized spacial score (nSPS) is 10.4. The fraction of sp³-hybridized carbons (Fsp3) is 0.158. The van der Waals surface area contributed by atoms with Gasteiger partial charge in [0.2, 0.25) is 0 Å². The molecule has 1 amide bonds. The van der Waals surface area contributed by atoms with Crippen molar-refractivity contribution in [3.63, 3.8) is 0 Å². The van der Waals surface area contributed by atoms with Crippen LogP contribution in [-0.4, -0.2) is 25.1 Å². The standard InChI is InChI=1S/C19H18ClN3O3S/c1-11-5-4-6-15(20)17(11)23-18(24)16-10-21-19(27-16)22-12-7-13(25-2)9-14(8-12)26-3/h4-10H,1-3H3,(H,21,22)(H,23,24). The first kappa shape index (κ1) is 19.0. The molecule has 0 radical (unpaired) electrons. The van der Waals surface area contributed by atoms with Crippen LogP contribution in [0.1, 0.15) is 15.2 Å². The van der Waals surface area contributed by atoms with Crippen LogP contribution in [0.15, 0.2) is 42.6 Å². The molecule has 1 aromatic heterocycles. The van der Waals surface area contributed by atoms with E-state index in [-0.39, 0.29) is 5.91 Å². The summed E-state index contributed by atoms with van der Waals surface area (Å²) in [6.07, 6.45) is 1.52. The number of hydrogen-bond donors (Lipinski definition) is 2. The predicted molar refractivity (Wildman–Crippen MR) is 109 cm³/mol. The maximum Gasteiger partial charge on any atom is 0.267 e. The average Bonchev–Trinajstić information content (AvgIpc) is 3.13. The number of carbonyl (C=O) groups excluding carboxylic acids is 1. The summed E-state index contributed by atoms with van der Waals surface area (Å²) >= 11 is 7.40. The van der Waals surface area contributed by atoms with Crippen LogP contribution in [0.5, 0.6) is 11.5 Å². The number of halogens is 1. The fourth-order valence-corrected chi connectivity index (χ4v) is 3.41. The number of rotatable bonds is 6. The number of thiazole rings is 1. The number of methoxy groups -OCH3 is 2. The number of para-hydroxylation sites is 1. The molecule has 0 unspecified atom stereocenters. The number of aryl methyl sites for hydroxylation is 1. The minimum Gasteiger partial charge on any atom is -0.497 e. The molecule has 0 saturated heterocycles. The molecule has 27 heavy (non-hydrogen) atoms. The Morgan fingerprint density at radius 1 is 1.15 bits per heavy atom. The van der Waals surface area contributed by atoms with Gasteiger partial charge >= 0.3 is 0 Å². The molecular weight excluding hydrogens is 386 g/mol. The van der Waals surface area contributed by atoms with Gasteiger partial charge in [0.25, 0.3) is 5.91 Å². The third-order valence-corrected chi connectivity index (χ3v) is 5.02. The molecule has 0 fully saturated rings. The van der Waals surface area contributed by atoms with E-state index in [2.05, 4.69) is 15.6 Å². The summed E-state index contributed by atoms with van der Waals surface area (Å²) in [5.74, 6) is 1.04. The second-order valence-corrected chi connectivity index (χ2v) is 7.08. The highest BCUT2D eigenvalue weighted by Gasteiger charge is 2.14. The van der Waals surface area contributed by atoms with Crippen molar-refractivity contribution < 1.29 is 14.3 Å². The number of amides is 1. The van der Waals surface area contributed by atoms with Crippen molar-refractivity contribution in [3.8, 4) is 11.5 Å². The Balaban J connectivity index is 1.76. The number of hydrogen-bond acceptors (Lipinski definition) is 6. The van der Waals surface area contributed by atoms with Crippen molar-refractivity contribution in [2.75, 3.05) is 24.9 Å². The zero-order chi connectivity index (χ0) is 19.4. The van der Waals surface area contributed by atoms with E-state index in [1.54, 1.807) is 26.4 Å². The summed E-state index contributed by atoms with van der Waals surface area (Å²) in [4.78, 5) is 17.2. The Labute approximate surface area is 166 Å². The average molecular weight is 404 g/mol. The van der Waals surface area contributed by atoms with E-state index < -0.39 is 0 Å². The summed E-state index contributed by atoms with van der Waals surface area (Å²) in [7, 11) is 3.17. The zero-order valence-electron chi connectivity index (χ0n) is 15.0. The van der Waals surface area contributed by atoms with E-state index in [1.807, 2.05) is 31.2 Å². The molecule has 0 aliphatic carbocycles. The third kappa shape index (κ3) is 4.50. The molecule has 6 nitrogen and oxygen atoms in total. The molecule has 2 aromatic carbocycles. The molecule has 0 atom stereocenters. The molecule has 0 aliphatic rings. The van der Waals surface area contributed by atoms with Crippen molar-refractivity contribution in [1.29, 1.82) is 0 Å². The smallest absolute Gasteiger partial charge is 0.267 e. The van der Waals surface area contributed by atoms with Crippen LogP contribution < -0.4 is 20.1 Å². The largest absolute Gasteiger partial charge is 0.497 e. The number of aromatic nitrogens is 1. The highest BCUT2D eigenvalue weighted by Crippen LogP contribution is 2.30. The summed E-state index contributed by atoms with van der Waals surface area (Å²) in [6.45, 7) is 1.89. The monoisotopic (exact) mass is 403 g/mol. The van der Waals surface area contributed by atoms with E-state index in [9.17, 15) is 4.79 Å². The van der Waals surface area contributed by atoms with E-state index in [0.717, 1.165) is 11.3 Å². The molecule has 140 valence electrons. The van der Waals surface area contributed by atoms with Gasteiger partial charge in [-0.25, -0.2) is 4.98 Å². The van der Waals surface area contributed by atoms with Gasteiger partial charge in [-0.3, -0.25) is 4.79 Å². The molecule has 1 heterocycles. The number of anilines is 3. The molecule has 8 heteroatoms. The number of ether oxygens (including phenoxy) is 2. The Morgan fingerprint density at radius 2 is 1.85 bits per heavy atom. The lowest BCUT2D eigenvalue weighted by Gasteiger charge is -2.09. The molecule has 3 aromatic rings. The predicted octanol–water partition coefficient (Wildman–Crippen LogP) is 5.12. The Hall–Kier alpha value is -2.77. The van der Waals surface area contributed by atoms with E-state index in [1.165, 1.54) is 17.5 Å². The first-order valence-electron chi connectivity index (χ1n) is 8.02. The maximum atomic E-state index is 12.5. The lowest BCUT2D eigenvalue weighted by Crippen LogP contribution is -2.11. The van der Waals surface area contributed by atoms with Crippen molar-refractivity contribution in [3.05, 3.63) is 58.1 Å². The van der Waals surface area contributed by atoms with Crippen LogP contribution in [0.3, 0.4) is 0 Å². The Morgan fingerprint density at radius 3 is 2.48 bits per heavy atom. The van der Waals surface area contributed by atoms with Gasteiger partial charge in [0.1, 0.15) is 16.4 Å². The van der Waals surface area contributed by atoms with Gasteiger partial charge in [-0.05, 0) is 18.6 Å². The second kappa shape index (κ2) is 8.28. The number of nitrogens with one attached hydrogen (secondary N) is 2. The van der Waals surface area contributed by atoms with E-state index >= 15 is 0 Å². The SMILES string of the molecule is COc1cc(Nc2ncc(C(=O)Nc3c(C)cccc3Cl)s2)cc(OC)c1. The second-order valence-electron chi connectivity index (χ2n) is 5.64. The number of carbonyl (C=O) groups is 1. The summed E-state index contributed by atoms with van der Waals surface area (Å²) in [5, 5.41) is 7.07. The molecule has 2 N–H and O–H groups in total. The van der Waals surface area contributed by atoms with Crippen molar-refractivity contribution in [2.24, 2.45) is 0 Å². The van der Waals surface area contributed by atoms with Crippen LogP contribution in [0.25, 0.3) is 0 Å². The Kier molecular flexibility index (Phi) is 5.83. The molecule has 3 rings (SSSR count). The topological polar surface area (TPSA) is 72.5 Å². The van der Waals surface area contributed by atoms with Gasteiger partial charge in [-0.1, -0.05) is 35.1 Å². The molecule has 0 bridgehead atoms. The zero-order valence-corrected chi connectivity index (χ0v) is 16.6. The van der Waals surface area contributed by atoms with Gasteiger partial charge in [0.05, 0.1) is 31.1 Å².